The number of hydrogen-bond acceptors (Lipinski definition) is 4. The van der Waals surface area contributed by atoms with Crippen molar-refractivity contribution in [3.63, 3.8) is 0 Å². The Hall–Kier alpha value is -1.88. The number of carbonyl (C=O) groups is 2. The minimum atomic E-state index is -0.919. The van der Waals surface area contributed by atoms with Crippen molar-refractivity contribution in [2.24, 2.45) is 0 Å². The molecule has 0 aromatic heterocycles. The van der Waals surface area contributed by atoms with Crippen LogP contribution in [0.3, 0.4) is 0 Å². The summed E-state index contributed by atoms with van der Waals surface area (Å²) in [6.07, 6.45) is 14.4. The molecule has 182 valence electrons. The summed E-state index contributed by atoms with van der Waals surface area (Å²) in [5.74, 6) is -1.33. The van der Waals surface area contributed by atoms with Gasteiger partial charge in [0.05, 0.1) is 19.1 Å². The van der Waals surface area contributed by atoms with Gasteiger partial charge in [0.2, 0.25) is 0 Å². The Bertz CT molecular complexity index is 585. The van der Waals surface area contributed by atoms with Crippen LogP contribution in [-0.2, 0) is 25.7 Å². The number of unbranched alkanes of at least 4 members (excludes halogenated alkanes) is 8. The molecule has 2 atom stereocenters. The second-order valence-electron chi connectivity index (χ2n) is 8.80. The van der Waals surface area contributed by atoms with Crippen molar-refractivity contribution in [1.29, 1.82) is 0 Å². The molecule has 0 amide bonds. The molecule has 0 saturated carbocycles. The molecule has 0 radical (unpaired) electrons. The van der Waals surface area contributed by atoms with Gasteiger partial charge in [-0.25, -0.2) is 0 Å². The topological polar surface area (TPSA) is 72.8 Å². The number of benzene rings is 1. The molecule has 0 heterocycles. The van der Waals surface area contributed by atoms with E-state index in [0.717, 1.165) is 32.1 Å². The summed E-state index contributed by atoms with van der Waals surface area (Å²) in [6, 6.07) is 10.4. The van der Waals surface area contributed by atoms with Crippen LogP contribution < -0.4 is 0 Å². The van der Waals surface area contributed by atoms with Crippen LogP contribution in [0.1, 0.15) is 109 Å². The van der Waals surface area contributed by atoms with Gasteiger partial charge in [-0.2, -0.15) is 0 Å². The summed E-state index contributed by atoms with van der Waals surface area (Å²) in [5.41, 5.74) is 1.24. The summed E-state index contributed by atoms with van der Waals surface area (Å²) in [6.45, 7) is 4.27. The van der Waals surface area contributed by atoms with Crippen molar-refractivity contribution in [1.82, 2.24) is 0 Å². The van der Waals surface area contributed by atoms with Crippen LogP contribution >= 0.6 is 0 Å². The molecule has 1 aromatic rings. The third-order valence-electron chi connectivity index (χ3n) is 5.75. The van der Waals surface area contributed by atoms with E-state index in [1.807, 2.05) is 6.07 Å². The Labute approximate surface area is 194 Å². The Balaban J connectivity index is 2.14. The molecule has 0 spiro atoms. The SMILES string of the molecule is CCCCCC(CCCCCCCCCC(CC(=O)O)OC(C)=O)OCc1ccccc1. The lowest BCUT2D eigenvalue weighted by Gasteiger charge is -2.18. The van der Waals surface area contributed by atoms with Crippen LogP contribution in [0.15, 0.2) is 30.3 Å². The van der Waals surface area contributed by atoms with Crippen LogP contribution in [0.25, 0.3) is 0 Å². The first-order chi connectivity index (χ1) is 15.5. The van der Waals surface area contributed by atoms with Gasteiger partial charge < -0.3 is 14.6 Å². The van der Waals surface area contributed by atoms with Gasteiger partial charge in [-0.15, -0.1) is 0 Å². The monoisotopic (exact) mass is 448 g/mol. The van der Waals surface area contributed by atoms with Crippen LogP contribution in [-0.4, -0.2) is 29.3 Å². The normalized spacial score (nSPS) is 12.9. The van der Waals surface area contributed by atoms with Crippen LogP contribution in [0.5, 0.6) is 0 Å². The summed E-state index contributed by atoms with van der Waals surface area (Å²) >= 11 is 0. The van der Waals surface area contributed by atoms with Crippen molar-refractivity contribution in [2.75, 3.05) is 0 Å². The predicted molar refractivity (Wildman–Crippen MR) is 129 cm³/mol. The standard InChI is InChI=1S/C27H44O5/c1-3-4-11-18-25(31-22-24-16-12-10-13-17-24)19-14-8-6-5-7-9-15-20-26(21-27(29)30)32-23(2)28/h10,12-13,16-17,25-26H,3-9,11,14-15,18-22H2,1-2H3,(H,29,30). The maximum atomic E-state index is 11.1. The number of esters is 1. The van der Waals surface area contributed by atoms with Gasteiger partial charge in [0.1, 0.15) is 6.10 Å². The lowest BCUT2D eigenvalue weighted by molar-refractivity contribution is -0.151. The van der Waals surface area contributed by atoms with Crippen molar-refractivity contribution in [3.8, 4) is 0 Å². The zero-order valence-electron chi connectivity index (χ0n) is 20.2. The quantitative estimate of drug-likeness (QED) is 0.171. The Morgan fingerprint density at radius 3 is 1.88 bits per heavy atom. The van der Waals surface area contributed by atoms with E-state index < -0.39 is 18.0 Å². The second kappa shape index (κ2) is 18.7. The number of carboxylic acid groups (broad SMARTS) is 1. The second-order valence-corrected chi connectivity index (χ2v) is 8.80. The zero-order chi connectivity index (χ0) is 23.4. The third kappa shape index (κ3) is 15.9. The molecule has 5 nitrogen and oxygen atoms in total. The minimum absolute atomic E-state index is 0.106. The zero-order valence-corrected chi connectivity index (χ0v) is 20.2. The molecule has 32 heavy (non-hydrogen) atoms. The average Bonchev–Trinajstić information content (AvgIpc) is 2.75. The highest BCUT2D eigenvalue weighted by Crippen LogP contribution is 2.18. The minimum Gasteiger partial charge on any atom is -0.481 e. The maximum absolute atomic E-state index is 11.1. The van der Waals surface area contributed by atoms with Gasteiger partial charge >= 0.3 is 11.9 Å². The smallest absolute Gasteiger partial charge is 0.307 e. The molecule has 0 aliphatic rings. The first kappa shape index (κ1) is 28.2. The van der Waals surface area contributed by atoms with Gasteiger partial charge in [-0.05, 0) is 31.2 Å². The molecule has 1 N–H and O–H groups in total. The van der Waals surface area contributed by atoms with E-state index in [2.05, 4.69) is 31.2 Å². The number of carboxylic acids is 1. The van der Waals surface area contributed by atoms with E-state index in [1.165, 1.54) is 57.4 Å². The molecule has 0 aliphatic carbocycles. The Morgan fingerprint density at radius 2 is 1.34 bits per heavy atom. The summed E-state index contributed by atoms with van der Waals surface area (Å²) in [5, 5.41) is 8.91. The summed E-state index contributed by atoms with van der Waals surface area (Å²) in [4.78, 5) is 21.9. The number of aliphatic carboxylic acids is 1. The highest BCUT2D eigenvalue weighted by Gasteiger charge is 2.15. The molecule has 1 aromatic carbocycles. The molecular formula is C27H44O5. The number of carbonyl (C=O) groups excluding carboxylic acids is 1. The van der Waals surface area contributed by atoms with E-state index in [0.29, 0.717) is 19.1 Å². The van der Waals surface area contributed by atoms with Gasteiger partial charge in [0.25, 0.3) is 0 Å². The predicted octanol–water partition coefficient (Wildman–Crippen LogP) is 7.07. The Morgan fingerprint density at radius 1 is 0.812 bits per heavy atom. The highest BCUT2D eigenvalue weighted by molar-refractivity contribution is 5.69. The molecule has 1 rings (SSSR count). The molecule has 5 heteroatoms. The third-order valence-corrected chi connectivity index (χ3v) is 5.75. The highest BCUT2D eigenvalue weighted by atomic mass is 16.5. The van der Waals surface area contributed by atoms with Crippen molar-refractivity contribution in [3.05, 3.63) is 35.9 Å². The number of rotatable bonds is 20. The van der Waals surface area contributed by atoms with Gasteiger partial charge in [-0.3, -0.25) is 9.59 Å². The summed E-state index contributed by atoms with van der Waals surface area (Å²) in [7, 11) is 0. The van der Waals surface area contributed by atoms with Gasteiger partial charge in [0, 0.05) is 6.92 Å². The first-order valence-corrected chi connectivity index (χ1v) is 12.6. The fourth-order valence-corrected chi connectivity index (χ4v) is 3.98. The molecule has 0 bridgehead atoms. The fourth-order valence-electron chi connectivity index (χ4n) is 3.98. The maximum Gasteiger partial charge on any atom is 0.307 e. The Kier molecular flexibility index (Phi) is 16.4. The molecule has 0 aliphatic heterocycles. The van der Waals surface area contributed by atoms with Crippen LogP contribution in [0, 0.1) is 0 Å². The van der Waals surface area contributed by atoms with Crippen molar-refractivity contribution < 1.29 is 24.2 Å². The number of ether oxygens (including phenoxy) is 2. The van der Waals surface area contributed by atoms with Crippen LogP contribution in [0.2, 0.25) is 0 Å². The van der Waals surface area contributed by atoms with E-state index >= 15 is 0 Å². The lowest BCUT2D eigenvalue weighted by atomic mass is 10.0. The fraction of sp³-hybridized carbons (Fsp3) is 0.704. The molecule has 0 fully saturated rings. The van der Waals surface area contributed by atoms with Crippen LogP contribution in [0.4, 0.5) is 0 Å². The number of hydrogen-bond donors (Lipinski definition) is 1. The first-order valence-electron chi connectivity index (χ1n) is 12.6. The largest absolute Gasteiger partial charge is 0.481 e. The van der Waals surface area contributed by atoms with Gasteiger partial charge in [-0.1, -0.05) is 95.0 Å². The van der Waals surface area contributed by atoms with Crippen molar-refractivity contribution >= 4 is 11.9 Å². The average molecular weight is 449 g/mol. The van der Waals surface area contributed by atoms with E-state index in [1.54, 1.807) is 0 Å². The van der Waals surface area contributed by atoms with E-state index in [9.17, 15) is 9.59 Å². The summed E-state index contributed by atoms with van der Waals surface area (Å²) < 4.78 is 11.3. The van der Waals surface area contributed by atoms with E-state index in [4.69, 9.17) is 14.6 Å². The molecule has 2 unspecified atom stereocenters. The molecular weight excluding hydrogens is 404 g/mol. The van der Waals surface area contributed by atoms with E-state index in [-0.39, 0.29) is 6.42 Å². The molecule has 0 saturated heterocycles. The van der Waals surface area contributed by atoms with Gasteiger partial charge in [0.15, 0.2) is 0 Å². The lowest BCUT2D eigenvalue weighted by Crippen LogP contribution is -2.20. The van der Waals surface area contributed by atoms with Crippen molar-refractivity contribution in [2.45, 2.75) is 123 Å².